The number of hydrogen-bond acceptors (Lipinski definition) is 3. The summed E-state index contributed by atoms with van der Waals surface area (Å²) in [6.45, 7) is 4.77. The largest absolute Gasteiger partial charge is 0.393 e. The molecule has 2 rings (SSSR count). The predicted molar refractivity (Wildman–Crippen MR) is 82.2 cm³/mol. The van der Waals surface area contributed by atoms with Gasteiger partial charge >= 0.3 is 6.03 Å². The van der Waals surface area contributed by atoms with Gasteiger partial charge in [-0.1, -0.05) is 13.3 Å². The first-order valence-corrected chi connectivity index (χ1v) is 7.86. The van der Waals surface area contributed by atoms with Gasteiger partial charge in [-0.3, -0.25) is 5.32 Å². The molecule has 6 heteroatoms. The second-order valence-electron chi connectivity index (χ2n) is 5.94. The summed E-state index contributed by atoms with van der Waals surface area (Å²) in [6.07, 6.45) is 6.22. The van der Waals surface area contributed by atoms with E-state index in [2.05, 4.69) is 29.6 Å². The van der Waals surface area contributed by atoms with Crippen LogP contribution in [-0.4, -0.2) is 33.6 Å². The van der Waals surface area contributed by atoms with Crippen LogP contribution in [0.1, 0.15) is 52.0 Å². The Morgan fingerprint density at radius 3 is 3.10 bits per heavy atom. The van der Waals surface area contributed by atoms with Crippen molar-refractivity contribution in [2.24, 2.45) is 5.92 Å². The molecule has 0 spiro atoms. The van der Waals surface area contributed by atoms with Crippen LogP contribution in [0.5, 0.6) is 0 Å². The molecule has 1 aromatic rings. The lowest BCUT2D eigenvalue weighted by Crippen LogP contribution is -2.36. The van der Waals surface area contributed by atoms with Gasteiger partial charge in [0.1, 0.15) is 5.82 Å². The number of aliphatic hydroxyl groups excluding tert-OH is 1. The molecule has 0 bridgehead atoms. The number of carbonyl (C=O) groups is 1. The molecule has 21 heavy (non-hydrogen) atoms. The topological polar surface area (TPSA) is 79.2 Å². The molecule has 1 saturated carbocycles. The molecule has 118 valence electrons. The number of aromatic nitrogens is 2. The highest BCUT2D eigenvalue weighted by Crippen LogP contribution is 2.23. The van der Waals surface area contributed by atoms with Gasteiger partial charge in [-0.15, -0.1) is 0 Å². The number of amides is 2. The van der Waals surface area contributed by atoms with Crippen LogP contribution in [0.4, 0.5) is 10.6 Å². The molecular weight excluding hydrogens is 268 g/mol. The van der Waals surface area contributed by atoms with Crippen LogP contribution >= 0.6 is 0 Å². The quantitative estimate of drug-likeness (QED) is 0.780. The fraction of sp³-hybridized carbons (Fsp3) is 0.733. The first-order valence-electron chi connectivity index (χ1n) is 7.86. The molecule has 3 unspecified atom stereocenters. The van der Waals surface area contributed by atoms with E-state index < -0.39 is 0 Å². The third-order valence-corrected chi connectivity index (χ3v) is 4.23. The number of nitrogens with zero attached hydrogens (tertiary/aromatic N) is 2. The molecule has 0 aromatic carbocycles. The fourth-order valence-electron chi connectivity index (χ4n) is 2.78. The molecule has 3 N–H and O–H groups in total. The van der Waals surface area contributed by atoms with Gasteiger partial charge in [0.15, 0.2) is 0 Å². The summed E-state index contributed by atoms with van der Waals surface area (Å²) < 4.78 is 1.82. The van der Waals surface area contributed by atoms with Crippen molar-refractivity contribution in [1.82, 2.24) is 15.1 Å². The summed E-state index contributed by atoms with van der Waals surface area (Å²) >= 11 is 0. The van der Waals surface area contributed by atoms with Gasteiger partial charge in [0, 0.05) is 12.6 Å². The molecular formula is C15H26N4O2. The van der Waals surface area contributed by atoms with E-state index in [4.69, 9.17) is 0 Å². The highest BCUT2D eigenvalue weighted by atomic mass is 16.3. The smallest absolute Gasteiger partial charge is 0.320 e. The number of anilines is 1. The number of rotatable bonds is 5. The first kappa shape index (κ1) is 15.8. The Labute approximate surface area is 125 Å². The molecule has 1 fully saturated rings. The van der Waals surface area contributed by atoms with E-state index in [0.29, 0.717) is 18.3 Å². The standard InChI is InChI=1S/C15H26N4O2/c1-3-11(2)19-14(7-8-17-19)18-15(21)16-10-12-5-4-6-13(20)9-12/h7-8,11-13,20H,3-6,9-10H2,1-2H3,(H2,16,18,21). The molecule has 1 aromatic heterocycles. The number of carbonyl (C=O) groups excluding carboxylic acids is 1. The average Bonchev–Trinajstić information content (AvgIpc) is 2.92. The summed E-state index contributed by atoms with van der Waals surface area (Å²) in [6, 6.07) is 1.85. The van der Waals surface area contributed by atoms with E-state index in [-0.39, 0.29) is 18.2 Å². The van der Waals surface area contributed by atoms with Crippen molar-refractivity contribution in [2.45, 2.75) is 58.1 Å². The van der Waals surface area contributed by atoms with Crippen LogP contribution in [-0.2, 0) is 0 Å². The van der Waals surface area contributed by atoms with E-state index in [0.717, 1.165) is 32.1 Å². The maximum atomic E-state index is 12.0. The molecule has 0 saturated heterocycles. The van der Waals surface area contributed by atoms with Crippen LogP contribution in [0.3, 0.4) is 0 Å². The zero-order chi connectivity index (χ0) is 15.2. The zero-order valence-corrected chi connectivity index (χ0v) is 12.9. The summed E-state index contributed by atoms with van der Waals surface area (Å²) in [4.78, 5) is 12.0. The first-order chi connectivity index (χ1) is 10.1. The minimum atomic E-state index is -0.208. The lowest BCUT2D eigenvalue weighted by molar-refractivity contribution is 0.101. The van der Waals surface area contributed by atoms with Crippen molar-refractivity contribution in [3.63, 3.8) is 0 Å². The molecule has 0 aliphatic heterocycles. The van der Waals surface area contributed by atoms with Gasteiger partial charge < -0.3 is 10.4 Å². The average molecular weight is 294 g/mol. The van der Waals surface area contributed by atoms with Crippen molar-refractivity contribution < 1.29 is 9.90 Å². The number of hydrogen-bond donors (Lipinski definition) is 3. The van der Waals surface area contributed by atoms with E-state index in [1.807, 2.05) is 4.68 Å². The van der Waals surface area contributed by atoms with Crippen molar-refractivity contribution in [3.05, 3.63) is 12.3 Å². The second kappa shape index (κ2) is 7.45. The third-order valence-electron chi connectivity index (χ3n) is 4.23. The van der Waals surface area contributed by atoms with E-state index in [1.54, 1.807) is 12.3 Å². The van der Waals surface area contributed by atoms with Gasteiger partial charge in [0.2, 0.25) is 0 Å². The highest BCUT2D eigenvalue weighted by Gasteiger charge is 2.20. The van der Waals surface area contributed by atoms with Gasteiger partial charge in [-0.2, -0.15) is 5.10 Å². The number of aliphatic hydroxyl groups is 1. The molecule has 1 heterocycles. The Kier molecular flexibility index (Phi) is 5.61. The Morgan fingerprint density at radius 2 is 2.38 bits per heavy atom. The minimum Gasteiger partial charge on any atom is -0.393 e. The zero-order valence-electron chi connectivity index (χ0n) is 12.9. The molecule has 1 aliphatic rings. The van der Waals surface area contributed by atoms with Crippen LogP contribution in [0.2, 0.25) is 0 Å². The van der Waals surface area contributed by atoms with Crippen molar-refractivity contribution in [1.29, 1.82) is 0 Å². The van der Waals surface area contributed by atoms with E-state index in [1.165, 1.54) is 0 Å². The molecule has 2 amide bonds. The Hall–Kier alpha value is -1.56. The van der Waals surface area contributed by atoms with Gasteiger partial charge in [-0.25, -0.2) is 9.48 Å². The van der Waals surface area contributed by atoms with Crippen molar-refractivity contribution in [3.8, 4) is 0 Å². The van der Waals surface area contributed by atoms with Crippen LogP contribution < -0.4 is 10.6 Å². The SMILES string of the molecule is CCC(C)n1nccc1NC(=O)NCC1CCCC(O)C1. The van der Waals surface area contributed by atoms with Crippen molar-refractivity contribution in [2.75, 3.05) is 11.9 Å². The lowest BCUT2D eigenvalue weighted by Gasteiger charge is -2.26. The summed E-state index contributed by atoms with van der Waals surface area (Å²) in [7, 11) is 0. The molecule has 3 atom stereocenters. The van der Waals surface area contributed by atoms with Crippen LogP contribution in [0.25, 0.3) is 0 Å². The summed E-state index contributed by atoms with van der Waals surface area (Å²) in [5, 5.41) is 19.6. The summed E-state index contributed by atoms with van der Waals surface area (Å²) in [5.41, 5.74) is 0. The maximum absolute atomic E-state index is 12.0. The normalized spacial score (nSPS) is 23.6. The molecule has 6 nitrogen and oxygen atoms in total. The van der Waals surface area contributed by atoms with Gasteiger partial charge in [0.25, 0.3) is 0 Å². The predicted octanol–water partition coefficient (Wildman–Crippen LogP) is 2.53. The van der Waals surface area contributed by atoms with E-state index >= 15 is 0 Å². The number of nitrogens with one attached hydrogen (secondary N) is 2. The monoisotopic (exact) mass is 294 g/mol. The Morgan fingerprint density at radius 1 is 1.57 bits per heavy atom. The fourth-order valence-corrected chi connectivity index (χ4v) is 2.78. The van der Waals surface area contributed by atoms with Crippen molar-refractivity contribution >= 4 is 11.8 Å². The Bertz CT molecular complexity index is 460. The molecule has 0 radical (unpaired) electrons. The van der Waals surface area contributed by atoms with Crippen LogP contribution in [0, 0.1) is 5.92 Å². The summed E-state index contributed by atoms with van der Waals surface area (Å²) in [5.74, 6) is 1.09. The van der Waals surface area contributed by atoms with Crippen LogP contribution in [0.15, 0.2) is 12.3 Å². The van der Waals surface area contributed by atoms with E-state index in [9.17, 15) is 9.90 Å². The maximum Gasteiger partial charge on any atom is 0.320 e. The molecule has 1 aliphatic carbocycles. The lowest BCUT2D eigenvalue weighted by atomic mass is 9.87. The number of urea groups is 1. The van der Waals surface area contributed by atoms with Gasteiger partial charge in [-0.05, 0) is 38.5 Å². The minimum absolute atomic E-state index is 0.208. The van der Waals surface area contributed by atoms with Gasteiger partial charge in [0.05, 0.1) is 18.3 Å². The highest BCUT2D eigenvalue weighted by molar-refractivity contribution is 5.88. The Balaban J connectivity index is 1.80. The third kappa shape index (κ3) is 4.46. The second-order valence-corrected chi connectivity index (χ2v) is 5.94.